The Morgan fingerprint density at radius 3 is 2.56 bits per heavy atom. The molecule has 1 saturated heterocycles. The molecule has 2 fully saturated rings. The third-order valence-electron chi connectivity index (χ3n) is 4.66. The summed E-state index contributed by atoms with van der Waals surface area (Å²) in [4.78, 5) is 14.2. The third-order valence-corrected chi connectivity index (χ3v) is 4.66. The van der Waals surface area contributed by atoms with E-state index in [2.05, 4.69) is 13.8 Å². The molecule has 0 spiro atoms. The van der Waals surface area contributed by atoms with Crippen molar-refractivity contribution < 1.29 is 9.90 Å². The number of rotatable bonds is 3. The van der Waals surface area contributed by atoms with Crippen LogP contribution in [0.2, 0.25) is 0 Å². The molecule has 1 heterocycles. The first-order valence-corrected chi connectivity index (χ1v) is 6.52. The maximum atomic E-state index is 12.4. The molecule has 18 heavy (non-hydrogen) atoms. The fourth-order valence-electron chi connectivity index (χ4n) is 3.59. The van der Waals surface area contributed by atoms with Crippen molar-refractivity contribution in [2.75, 3.05) is 6.61 Å². The molecule has 1 aromatic rings. The van der Waals surface area contributed by atoms with E-state index in [1.807, 2.05) is 35.2 Å². The van der Waals surface area contributed by atoms with Crippen molar-refractivity contribution >= 4 is 5.91 Å². The summed E-state index contributed by atoms with van der Waals surface area (Å²) in [7, 11) is 0. The number of benzene rings is 1. The average molecular weight is 245 g/mol. The molecule has 3 heteroatoms. The first-order chi connectivity index (χ1) is 8.57. The van der Waals surface area contributed by atoms with E-state index in [-0.39, 0.29) is 29.9 Å². The number of carbonyl (C=O) groups is 1. The lowest BCUT2D eigenvalue weighted by Crippen LogP contribution is -2.41. The van der Waals surface area contributed by atoms with Gasteiger partial charge >= 0.3 is 0 Å². The summed E-state index contributed by atoms with van der Waals surface area (Å²) in [6.07, 6.45) is 0. The van der Waals surface area contributed by atoms with E-state index in [0.29, 0.717) is 12.5 Å². The van der Waals surface area contributed by atoms with Gasteiger partial charge in [0, 0.05) is 12.5 Å². The Morgan fingerprint density at radius 1 is 1.28 bits per heavy atom. The molecule has 2 unspecified atom stereocenters. The minimum absolute atomic E-state index is 0.00212. The molecule has 1 N–H and O–H groups in total. The highest BCUT2D eigenvalue weighted by atomic mass is 16.3. The topological polar surface area (TPSA) is 40.5 Å². The first-order valence-electron chi connectivity index (χ1n) is 6.52. The molecule has 1 saturated carbocycles. The van der Waals surface area contributed by atoms with Crippen LogP contribution in [0.5, 0.6) is 0 Å². The predicted molar refractivity (Wildman–Crippen MR) is 68.6 cm³/mol. The highest BCUT2D eigenvalue weighted by molar-refractivity contribution is 5.87. The predicted octanol–water partition coefficient (Wildman–Crippen LogP) is 1.66. The SMILES string of the molecule is CC1(C)C2C(=O)N(Cc3ccccc3)[C@H](CO)C21. The lowest BCUT2D eigenvalue weighted by atomic mass is 10.0. The fraction of sp³-hybridized carbons (Fsp3) is 0.533. The highest BCUT2D eigenvalue weighted by Crippen LogP contribution is 2.65. The quantitative estimate of drug-likeness (QED) is 0.880. The van der Waals surface area contributed by atoms with Gasteiger partial charge < -0.3 is 10.0 Å². The molecular weight excluding hydrogens is 226 g/mol. The average Bonchev–Trinajstić information content (AvgIpc) is 2.78. The van der Waals surface area contributed by atoms with Gasteiger partial charge in [-0.15, -0.1) is 0 Å². The van der Waals surface area contributed by atoms with E-state index < -0.39 is 0 Å². The lowest BCUT2D eigenvalue weighted by Gasteiger charge is -2.29. The zero-order valence-corrected chi connectivity index (χ0v) is 10.8. The summed E-state index contributed by atoms with van der Waals surface area (Å²) < 4.78 is 0. The van der Waals surface area contributed by atoms with Gasteiger partial charge in [-0.25, -0.2) is 0 Å². The lowest BCUT2D eigenvalue weighted by molar-refractivity contribution is -0.134. The molecule has 3 atom stereocenters. The van der Waals surface area contributed by atoms with Crippen molar-refractivity contribution in [3.8, 4) is 0 Å². The van der Waals surface area contributed by atoms with Crippen LogP contribution in [0.1, 0.15) is 19.4 Å². The van der Waals surface area contributed by atoms with E-state index >= 15 is 0 Å². The maximum Gasteiger partial charge on any atom is 0.227 e. The van der Waals surface area contributed by atoms with Crippen LogP contribution in [0.3, 0.4) is 0 Å². The summed E-state index contributed by atoms with van der Waals surface area (Å²) in [6, 6.07) is 9.98. The smallest absolute Gasteiger partial charge is 0.227 e. The van der Waals surface area contributed by atoms with E-state index in [1.54, 1.807) is 0 Å². The highest BCUT2D eigenvalue weighted by Gasteiger charge is 2.71. The van der Waals surface area contributed by atoms with E-state index in [0.717, 1.165) is 5.56 Å². The number of nitrogens with zero attached hydrogens (tertiary/aromatic N) is 1. The third kappa shape index (κ3) is 1.50. The Balaban J connectivity index is 1.80. The summed E-state index contributed by atoms with van der Waals surface area (Å²) >= 11 is 0. The normalized spacial score (nSPS) is 32.5. The van der Waals surface area contributed by atoms with E-state index in [9.17, 15) is 9.90 Å². The minimum Gasteiger partial charge on any atom is -0.394 e. The van der Waals surface area contributed by atoms with Crippen molar-refractivity contribution in [1.82, 2.24) is 4.90 Å². The molecule has 96 valence electrons. The Kier molecular flexibility index (Phi) is 2.49. The molecule has 3 nitrogen and oxygen atoms in total. The van der Waals surface area contributed by atoms with Crippen molar-refractivity contribution in [2.24, 2.45) is 17.3 Å². The summed E-state index contributed by atoms with van der Waals surface area (Å²) in [5, 5.41) is 9.57. The van der Waals surface area contributed by atoms with Crippen LogP contribution >= 0.6 is 0 Å². The summed E-state index contributed by atoms with van der Waals surface area (Å²) in [6.45, 7) is 4.95. The Bertz CT molecular complexity index is 469. The number of aliphatic hydroxyl groups is 1. The van der Waals surface area contributed by atoms with Crippen molar-refractivity contribution in [3.05, 3.63) is 35.9 Å². The summed E-state index contributed by atoms with van der Waals surface area (Å²) in [5.74, 6) is 0.671. The number of hydrogen-bond acceptors (Lipinski definition) is 2. The molecular formula is C15H19NO2. The van der Waals surface area contributed by atoms with E-state index in [4.69, 9.17) is 0 Å². The maximum absolute atomic E-state index is 12.4. The second-order valence-corrected chi connectivity index (χ2v) is 6.03. The molecule has 1 aliphatic carbocycles. The number of piperidine rings is 1. The number of aliphatic hydroxyl groups excluding tert-OH is 1. The van der Waals surface area contributed by atoms with Gasteiger partial charge in [-0.2, -0.15) is 0 Å². The second-order valence-electron chi connectivity index (χ2n) is 6.03. The van der Waals surface area contributed by atoms with Gasteiger partial charge in [0.15, 0.2) is 0 Å². The van der Waals surface area contributed by atoms with Gasteiger partial charge in [-0.1, -0.05) is 44.2 Å². The molecule has 0 bridgehead atoms. The van der Waals surface area contributed by atoms with Crippen LogP contribution in [-0.2, 0) is 11.3 Å². The van der Waals surface area contributed by atoms with Crippen LogP contribution < -0.4 is 0 Å². The number of hydrogen-bond donors (Lipinski definition) is 1. The van der Waals surface area contributed by atoms with Crippen LogP contribution in [0, 0.1) is 17.3 Å². The van der Waals surface area contributed by atoms with Crippen molar-refractivity contribution in [3.63, 3.8) is 0 Å². The molecule has 3 rings (SSSR count). The summed E-state index contributed by atoms with van der Waals surface area (Å²) in [5.41, 5.74) is 1.21. The largest absolute Gasteiger partial charge is 0.394 e. The fourth-order valence-corrected chi connectivity index (χ4v) is 3.59. The van der Waals surface area contributed by atoms with Gasteiger partial charge in [-0.3, -0.25) is 4.79 Å². The molecule has 1 amide bonds. The Labute approximate surface area is 107 Å². The number of fused-ring (bicyclic) bond motifs is 1. The monoisotopic (exact) mass is 245 g/mol. The standard InChI is InChI=1S/C15H19NO2/c1-15(2)12-11(9-17)16(14(18)13(12)15)8-10-6-4-3-5-7-10/h3-7,11-13,17H,8-9H2,1-2H3/t11-,12?,13?/m1/s1. The second kappa shape index (κ2) is 3.82. The first kappa shape index (κ1) is 11.7. The molecule has 0 radical (unpaired) electrons. The molecule has 1 aliphatic heterocycles. The van der Waals surface area contributed by atoms with Crippen LogP contribution in [-0.4, -0.2) is 28.6 Å². The number of carbonyl (C=O) groups excluding carboxylic acids is 1. The van der Waals surface area contributed by atoms with Crippen LogP contribution in [0.15, 0.2) is 30.3 Å². The zero-order chi connectivity index (χ0) is 12.9. The molecule has 2 aliphatic rings. The van der Waals surface area contributed by atoms with Gasteiger partial charge in [0.05, 0.1) is 12.6 Å². The van der Waals surface area contributed by atoms with Gasteiger partial charge in [0.2, 0.25) is 5.91 Å². The van der Waals surface area contributed by atoms with Crippen LogP contribution in [0.25, 0.3) is 0 Å². The van der Waals surface area contributed by atoms with Gasteiger partial charge in [0.1, 0.15) is 0 Å². The Hall–Kier alpha value is -1.35. The number of likely N-dealkylation sites (tertiary alicyclic amines) is 1. The van der Waals surface area contributed by atoms with E-state index in [1.165, 1.54) is 0 Å². The Morgan fingerprint density at radius 2 is 1.94 bits per heavy atom. The van der Waals surface area contributed by atoms with Crippen molar-refractivity contribution in [1.29, 1.82) is 0 Å². The van der Waals surface area contributed by atoms with Gasteiger partial charge in [0.25, 0.3) is 0 Å². The molecule has 1 aromatic carbocycles. The number of amides is 1. The zero-order valence-electron chi connectivity index (χ0n) is 10.8. The minimum atomic E-state index is -0.00212. The molecule has 0 aromatic heterocycles. The van der Waals surface area contributed by atoms with Crippen LogP contribution in [0.4, 0.5) is 0 Å². The van der Waals surface area contributed by atoms with Gasteiger partial charge in [-0.05, 0) is 16.9 Å². The van der Waals surface area contributed by atoms with Crippen molar-refractivity contribution in [2.45, 2.75) is 26.4 Å².